The van der Waals surface area contributed by atoms with Crippen molar-refractivity contribution in [2.75, 3.05) is 6.61 Å². The number of aromatic nitrogens is 1. The van der Waals surface area contributed by atoms with Gasteiger partial charge in [-0.05, 0) is 73.2 Å². The van der Waals surface area contributed by atoms with Crippen LogP contribution in [0.3, 0.4) is 0 Å². The summed E-state index contributed by atoms with van der Waals surface area (Å²) in [5, 5.41) is 1.06. The van der Waals surface area contributed by atoms with Crippen LogP contribution in [0, 0.1) is 18.8 Å². The number of hydrogen-bond donors (Lipinski definition) is 0. The molecule has 0 saturated heterocycles. The van der Waals surface area contributed by atoms with E-state index in [2.05, 4.69) is 61.9 Å². The molecule has 0 fully saturated rings. The molecule has 0 bridgehead atoms. The second-order valence-electron chi connectivity index (χ2n) is 8.29. The fourth-order valence-electron chi connectivity index (χ4n) is 3.74. The van der Waals surface area contributed by atoms with E-state index >= 15 is 0 Å². The topological polar surface area (TPSA) is 39.2 Å². The maximum atomic E-state index is 11.8. The van der Waals surface area contributed by atoms with E-state index in [-0.39, 0.29) is 11.4 Å². The Hall–Kier alpha value is -3.16. The molecule has 3 nitrogen and oxygen atoms in total. The van der Waals surface area contributed by atoms with Crippen LogP contribution in [-0.2, 0) is 10.2 Å². The molecule has 0 N–H and O–H groups in total. The van der Waals surface area contributed by atoms with Crippen molar-refractivity contribution in [3.63, 3.8) is 0 Å². The van der Waals surface area contributed by atoms with E-state index in [0.717, 1.165) is 22.6 Å². The SMILES string of the molecule is CCOC(=O)c1ccc(C#Cc2ccc3c(c2)C(c2ncc(C)s2)=CCC3(C)C)cc1. The first-order chi connectivity index (χ1) is 14.9. The van der Waals surface area contributed by atoms with E-state index in [9.17, 15) is 4.79 Å². The number of aryl methyl sites for hydroxylation is 1. The number of nitrogens with zero attached hydrogens (tertiary/aromatic N) is 1. The largest absolute Gasteiger partial charge is 0.462 e. The van der Waals surface area contributed by atoms with Gasteiger partial charge in [0, 0.05) is 27.8 Å². The predicted molar refractivity (Wildman–Crippen MR) is 126 cm³/mol. The second kappa shape index (κ2) is 8.53. The smallest absolute Gasteiger partial charge is 0.338 e. The zero-order valence-corrected chi connectivity index (χ0v) is 19.1. The summed E-state index contributed by atoms with van der Waals surface area (Å²) in [5.41, 5.74) is 6.20. The summed E-state index contributed by atoms with van der Waals surface area (Å²) < 4.78 is 5.03. The molecule has 0 saturated carbocycles. The van der Waals surface area contributed by atoms with Gasteiger partial charge in [-0.2, -0.15) is 0 Å². The maximum absolute atomic E-state index is 11.8. The van der Waals surface area contributed by atoms with E-state index in [4.69, 9.17) is 4.74 Å². The van der Waals surface area contributed by atoms with Gasteiger partial charge in [-0.1, -0.05) is 37.8 Å². The summed E-state index contributed by atoms with van der Waals surface area (Å²) in [4.78, 5) is 17.6. The van der Waals surface area contributed by atoms with Gasteiger partial charge in [0.25, 0.3) is 0 Å². The zero-order chi connectivity index (χ0) is 22.0. The molecule has 2 aromatic carbocycles. The highest BCUT2D eigenvalue weighted by molar-refractivity contribution is 7.12. The molecule has 1 heterocycles. The van der Waals surface area contributed by atoms with Crippen LogP contribution < -0.4 is 0 Å². The molecule has 3 aromatic rings. The molecule has 1 aliphatic rings. The minimum Gasteiger partial charge on any atom is -0.462 e. The van der Waals surface area contributed by atoms with Crippen LogP contribution in [0.2, 0.25) is 0 Å². The summed E-state index contributed by atoms with van der Waals surface area (Å²) in [7, 11) is 0. The fraction of sp³-hybridized carbons (Fsp3) is 0.259. The molecule has 31 heavy (non-hydrogen) atoms. The monoisotopic (exact) mass is 427 g/mol. The van der Waals surface area contributed by atoms with E-state index in [1.807, 2.05) is 18.3 Å². The quantitative estimate of drug-likeness (QED) is 0.372. The number of benzene rings is 2. The average Bonchev–Trinajstić information content (AvgIpc) is 3.18. The summed E-state index contributed by atoms with van der Waals surface area (Å²) >= 11 is 1.73. The number of allylic oxidation sites excluding steroid dienone is 1. The van der Waals surface area contributed by atoms with Gasteiger partial charge in [0.15, 0.2) is 0 Å². The molecular formula is C27H25NO2S. The van der Waals surface area contributed by atoms with Crippen molar-refractivity contribution in [1.82, 2.24) is 4.98 Å². The number of rotatable bonds is 3. The highest BCUT2D eigenvalue weighted by Crippen LogP contribution is 2.42. The van der Waals surface area contributed by atoms with Gasteiger partial charge >= 0.3 is 5.97 Å². The Morgan fingerprint density at radius 1 is 1.13 bits per heavy atom. The molecule has 0 radical (unpaired) electrons. The molecule has 156 valence electrons. The number of hydrogen-bond acceptors (Lipinski definition) is 4. The van der Waals surface area contributed by atoms with Gasteiger partial charge in [0.2, 0.25) is 0 Å². The number of esters is 1. The minimum atomic E-state index is -0.309. The Morgan fingerprint density at radius 2 is 1.84 bits per heavy atom. The van der Waals surface area contributed by atoms with E-state index < -0.39 is 0 Å². The number of carbonyl (C=O) groups excluding carboxylic acids is 1. The van der Waals surface area contributed by atoms with Crippen molar-refractivity contribution in [2.24, 2.45) is 0 Å². The Bertz CT molecular complexity index is 1220. The summed E-state index contributed by atoms with van der Waals surface area (Å²) in [6, 6.07) is 13.7. The predicted octanol–water partition coefficient (Wildman–Crippen LogP) is 6.14. The van der Waals surface area contributed by atoms with Crippen molar-refractivity contribution in [3.05, 3.63) is 92.4 Å². The van der Waals surface area contributed by atoms with Crippen molar-refractivity contribution in [2.45, 2.75) is 39.5 Å². The maximum Gasteiger partial charge on any atom is 0.338 e. The van der Waals surface area contributed by atoms with Crippen LogP contribution in [-0.4, -0.2) is 17.6 Å². The lowest BCUT2D eigenvalue weighted by Gasteiger charge is -2.31. The molecule has 0 aliphatic heterocycles. The molecule has 0 unspecified atom stereocenters. The van der Waals surface area contributed by atoms with Gasteiger partial charge in [0.05, 0.1) is 12.2 Å². The highest BCUT2D eigenvalue weighted by Gasteiger charge is 2.29. The van der Waals surface area contributed by atoms with Crippen molar-refractivity contribution >= 4 is 22.9 Å². The van der Waals surface area contributed by atoms with Gasteiger partial charge < -0.3 is 4.74 Å². The molecule has 1 aromatic heterocycles. The van der Waals surface area contributed by atoms with Crippen LogP contribution >= 0.6 is 11.3 Å². The van der Waals surface area contributed by atoms with E-state index in [1.54, 1.807) is 30.4 Å². The highest BCUT2D eigenvalue weighted by atomic mass is 32.1. The second-order valence-corrected chi connectivity index (χ2v) is 9.52. The molecular weight excluding hydrogens is 402 g/mol. The van der Waals surface area contributed by atoms with Gasteiger partial charge in [-0.15, -0.1) is 11.3 Å². The number of thiazole rings is 1. The summed E-state index contributed by atoms with van der Waals surface area (Å²) in [6.07, 6.45) is 5.24. The first kappa shape index (κ1) is 21.1. The third kappa shape index (κ3) is 4.47. The molecule has 0 spiro atoms. The van der Waals surface area contributed by atoms with Crippen LogP contribution in [0.5, 0.6) is 0 Å². The van der Waals surface area contributed by atoms with E-state index in [0.29, 0.717) is 12.2 Å². The molecule has 0 atom stereocenters. The standard InChI is InChI=1S/C27H25NO2S/c1-5-30-26(29)21-11-8-19(9-12-21)6-7-20-10-13-24-23(16-20)22(14-15-27(24,3)4)25-28-17-18(2)31-25/h8-14,16-17H,5,15H2,1-4H3. The molecule has 1 aliphatic carbocycles. The van der Waals surface area contributed by atoms with E-state index in [1.165, 1.54) is 21.6 Å². The van der Waals surface area contributed by atoms with Gasteiger partial charge in [0.1, 0.15) is 5.01 Å². The Balaban J connectivity index is 1.65. The van der Waals surface area contributed by atoms with Crippen molar-refractivity contribution in [3.8, 4) is 11.8 Å². The third-order valence-electron chi connectivity index (χ3n) is 5.45. The van der Waals surface area contributed by atoms with Gasteiger partial charge in [-0.25, -0.2) is 9.78 Å². The lowest BCUT2D eigenvalue weighted by Crippen LogP contribution is -2.21. The van der Waals surface area contributed by atoms with Crippen LogP contribution in [0.1, 0.15) is 69.7 Å². The lowest BCUT2D eigenvalue weighted by atomic mass is 9.73. The number of fused-ring (bicyclic) bond motifs is 1. The third-order valence-corrected chi connectivity index (χ3v) is 6.40. The van der Waals surface area contributed by atoms with Crippen LogP contribution in [0.25, 0.3) is 5.57 Å². The minimum absolute atomic E-state index is 0.0834. The molecule has 4 rings (SSSR count). The molecule has 0 amide bonds. The van der Waals surface area contributed by atoms with Crippen LogP contribution in [0.15, 0.2) is 54.7 Å². The zero-order valence-electron chi connectivity index (χ0n) is 18.3. The Labute approximate surface area is 187 Å². The average molecular weight is 428 g/mol. The first-order valence-corrected chi connectivity index (χ1v) is 11.3. The number of carbonyl (C=O) groups is 1. The Morgan fingerprint density at radius 3 is 2.52 bits per heavy atom. The normalized spacial score (nSPS) is 14.1. The Kier molecular flexibility index (Phi) is 5.80. The van der Waals surface area contributed by atoms with Crippen LogP contribution in [0.4, 0.5) is 0 Å². The summed E-state index contributed by atoms with van der Waals surface area (Å²) in [5.74, 6) is 6.18. The fourth-order valence-corrected chi connectivity index (χ4v) is 4.56. The summed E-state index contributed by atoms with van der Waals surface area (Å²) in [6.45, 7) is 8.82. The van der Waals surface area contributed by atoms with Crippen molar-refractivity contribution in [1.29, 1.82) is 0 Å². The van der Waals surface area contributed by atoms with Crippen molar-refractivity contribution < 1.29 is 9.53 Å². The van der Waals surface area contributed by atoms with Gasteiger partial charge in [-0.3, -0.25) is 0 Å². The molecule has 4 heteroatoms. The first-order valence-electron chi connectivity index (χ1n) is 10.4. The lowest BCUT2D eigenvalue weighted by molar-refractivity contribution is 0.0526. The number of ether oxygens (including phenoxy) is 1.